The molecule has 0 aromatic heterocycles. The molecule has 2 heterocycles. The molecule has 41 heavy (non-hydrogen) atoms. The Morgan fingerprint density at radius 3 is 2.27 bits per heavy atom. The summed E-state index contributed by atoms with van der Waals surface area (Å²) in [6.07, 6.45) is 6.53. The van der Waals surface area contributed by atoms with E-state index in [9.17, 15) is 14.7 Å². The van der Waals surface area contributed by atoms with Crippen molar-refractivity contribution in [3.63, 3.8) is 0 Å². The first kappa shape index (κ1) is 27.5. The first-order chi connectivity index (χ1) is 20.1. The molecule has 1 aliphatic carbocycles. The van der Waals surface area contributed by atoms with Gasteiger partial charge in [0.15, 0.2) is 6.29 Å². The maximum absolute atomic E-state index is 13.2. The Labute approximate surface area is 241 Å². The lowest BCUT2D eigenvalue weighted by atomic mass is 9.99. The second kappa shape index (κ2) is 12.1. The Kier molecular flexibility index (Phi) is 8.12. The van der Waals surface area contributed by atoms with Gasteiger partial charge in [0, 0.05) is 31.1 Å². The molecule has 1 N–H and O–H groups in total. The van der Waals surface area contributed by atoms with Gasteiger partial charge in [-0.15, -0.1) is 6.58 Å². The van der Waals surface area contributed by atoms with Crippen LogP contribution in [-0.2, 0) is 16.1 Å². The minimum Gasteiger partial charge on any atom is -0.392 e. The Bertz CT molecular complexity index is 1380. The average molecular weight is 553 g/mol. The molecule has 6 rings (SSSR count). The molecule has 2 fully saturated rings. The molecule has 7 nitrogen and oxygen atoms in total. The predicted octanol–water partition coefficient (Wildman–Crippen LogP) is 5.96. The molecule has 7 heteroatoms. The van der Waals surface area contributed by atoms with Crippen LogP contribution in [-0.4, -0.2) is 47.1 Å². The first-order valence-electron chi connectivity index (χ1n) is 14.5. The Balaban J connectivity index is 1.28. The van der Waals surface area contributed by atoms with E-state index in [2.05, 4.69) is 11.5 Å². The van der Waals surface area contributed by atoms with Crippen LogP contribution >= 0.6 is 0 Å². The van der Waals surface area contributed by atoms with Gasteiger partial charge in [-0.3, -0.25) is 14.5 Å². The fourth-order valence-corrected chi connectivity index (χ4v) is 6.34. The van der Waals surface area contributed by atoms with Crippen molar-refractivity contribution in [1.29, 1.82) is 0 Å². The molecule has 2 amide bonds. The number of ether oxygens (including phenoxy) is 2. The number of anilines is 1. The third-order valence-electron chi connectivity index (χ3n) is 8.45. The zero-order valence-corrected chi connectivity index (χ0v) is 23.2. The Hall–Kier alpha value is -3.62. The number of imide groups is 1. The lowest BCUT2D eigenvalue weighted by Gasteiger charge is -2.39. The van der Waals surface area contributed by atoms with E-state index < -0.39 is 6.29 Å². The third kappa shape index (κ3) is 5.63. The SMILES string of the molecule is C=CCN(CC1CC(c2ccc(CO)cc2)OC(c2cccc(N3C(=O)c4ccccc4C3=O)c2)O1)C1CCCC1. The van der Waals surface area contributed by atoms with Gasteiger partial charge in [-0.25, -0.2) is 4.90 Å². The van der Waals surface area contributed by atoms with Crippen molar-refractivity contribution in [3.05, 3.63) is 113 Å². The fraction of sp³-hybridized carbons (Fsp3) is 0.353. The van der Waals surface area contributed by atoms with E-state index >= 15 is 0 Å². The number of carbonyl (C=O) groups excluding carboxylic acids is 2. The predicted molar refractivity (Wildman–Crippen MR) is 156 cm³/mol. The van der Waals surface area contributed by atoms with Crippen LogP contribution in [0.25, 0.3) is 0 Å². The number of rotatable bonds is 9. The van der Waals surface area contributed by atoms with Crippen LogP contribution in [0.3, 0.4) is 0 Å². The molecule has 2 aliphatic heterocycles. The summed E-state index contributed by atoms with van der Waals surface area (Å²) in [4.78, 5) is 30.0. The summed E-state index contributed by atoms with van der Waals surface area (Å²) in [7, 11) is 0. The summed E-state index contributed by atoms with van der Waals surface area (Å²) in [5.74, 6) is -0.658. The van der Waals surface area contributed by atoms with E-state index in [1.807, 2.05) is 48.5 Å². The van der Waals surface area contributed by atoms with Crippen molar-refractivity contribution < 1.29 is 24.2 Å². The second-order valence-corrected chi connectivity index (χ2v) is 11.1. The summed E-state index contributed by atoms with van der Waals surface area (Å²) >= 11 is 0. The van der Waals surface area contributed by atoms with Crippen LogP contribution in [0.4, 0.5) is 5.69 Å². The van der Waals surface area contributed by atoms with Crippen molar-refractivity contribution >= 4 is 17.5 Å². The molecular weight excluding hydrogens is 516 g/mol. The highest BCUT2D eigenvalue weighted by atomic mass is 16.7. The van der Waals surface area contributed by atoms with E-state index in [1.54, 1.807) is 30.3 Å². The second-order valence-electron chi connectivity index (χ2n) is 11.1. The van der Waals surface area contributed by atoms with Crippen LogP contribution in [0, 0.1) is 0 Å². The minimum absolute atomic E-state index is 0.0112. The van der Waals surface area contributed by atoms with E-state index in [0.717, 1.165) is 29.8 Å². The highest BCUT2D eigenvalue weighted by molar-refractivity contribution is 6.34. The maximum Gasteiger partial charge on any atom is 0.266 e. The van der Waals surface area contributed by atoms with E-state index in [4.69, 9.17) is 9.47 Å². The van der Waals surface area contributed by atoms with E-state index in [-0.39, 0.29) is 30.6 Å². The van der Waals surface area contributed by atoms with Gasteiger partial charge in [-0.2, -0.15) is 0 Å². The number of carbonyl (C=O) groups is 2. The quantitative estimate of drug-likeness (QED) is 0.261. The number of aliphatic hydroxyl groups is 1. The molecule has 0 radical (unpaired) electrons. The van der Waals surface area contributed by atoms with Crippen molar-refractivity contribution in [2.75, 3.05) is 18.0 Å². The average Bonchev–Trinajstić information content (AvgIpc) is 3.64. The van der Waals surface area contributed by atoms with E-state index in [0.29, 0.717) is 29.3 Å². The molecule has 3 aliphatic rings. The highest BCUT2D eigenvalue weighted by Gasteiger charge is 2.38. The van der Waals surface area contributed by atoms with Crippen LogP contribution in [0.5, 0.6) is 0 Å². The monoisotopic (exact) mass is 552 g/mol. The third-order valence-corrected chi connectivity index (χ3v) is 8.45. The smallest absolute Gasteiger partial charge is 0.266 e. The summed E-state index contributed by atoms with van der Waals surface area (Å²) < 4.78 is 13.2. The number of amides is 2. The van der Waals surface area contributed by atoms with Crippen molar-refractivity contribution in [3.8, 4) is 0 Å². The normalized spacial score (nSPS) is 22.9. The molecule has 3 unspecified atom stereocenters. The fourth-order valence-electron chi connectivity index (χ4n) is 6.34. The first-order valence-corrected chi connectivity index (χ1v) is 14.5. The van der Waals surface area contributed by atoms with Crippen LogP contribution in [0.1, 0.15) is 81.9 Å². The van der Waals surface area contributed by atoms with Crippen molar-refractivity contribution in [2.24, 2.45) is 0 Å². The summed E-state index contributed by atoms with van der Waals surface area (Å²) in [6.45, 7) is 5.55. The molecule has 0 bridgehead atoms. The zero-order chi connectivity index (χ0) is 28.3. The molecule has 1 saturated heterocycles. The molecule has 1 saturated carbocycles. The molecule has 3 aromatic carbocycles. The Morgan fingerprint density at radius 2 is 1.61 bits per heavy atom. The van der Waals surface area contributed by atoms with Gasteiger partial charge in [0.05, 0.1) is 35.6 Å². The Morgan fingerprint density at radius 1 is 0.902 bits per heavy atom. The molecule has 212 valence electrons. The van der Waals surface area contributed by atoms with Gasteiger partial charge in [0.2, 0.25) is 0 Å². The number of fused-ring (bicyclic) bond motifs is 1. The van der Waals surface area contributed by atoms with E-state index in [1.165, 1.54) is 30.6 Å². The topological polar surface area (TPSA) is 79.3 Å². The van der Waals surface area contributed by atoms with Gasteiger partial charge in [-0.1, -0.05) is 67.4 Å². The zero-order valence-electron chi connectivity index (χ0n) is 23.2. The summed E-state index contributed by atoms with van der Waals surface area (Å²) in [6, 6.07) is 22.6. The number of hydrogen-bond donors (Lipinski definition) is 1. The van der Waals surface area contributed by atoms with Gasteiger partial charge in [0.25, 0.3) is 11.8 Å². The van der Waals surface area contributed by atoms with Gasteiger partial charge in [0.1, 0.15) is 0 Å². The molecule has 3 atom stereocenters. The lowest BCUT2D eigenvalue weighted by Crippen LogP contribution is -2.43. The largest absolute Gasteiger partial charge is 0.392 e. The van der Waals surface area contributed by atoms with Gasteiger partial charge in [-0.05, 0) is 48.2 Å². The minimum atomic E-state index is -0.680. The summed E-state index contributed by atoms with van der Waals surface area (Å²) in [5, 5.41) is 9.52. The number of hydrogen-bond acceptors (Lipinski definition) is 6. The number of benzene rings is 3. The summed E-state index contributed by atoms with van der Waals surface area (Å²) in [5.41, 5.74) is 3.93. The number of nitrogens with zero attached hydrogens (tertiary/aromatic N) is 2. The lowest BCUT2D eigenvalue weighted by molar-refractivity contribution is -0.253. The van der Waals surface area contributed by atoms with Crippen LogP contribution in [0.15, 0.2) is 85.5 Å². The standard InChI is InChI=1S/C34H36N2O5/c1-2-18-35(26-9-3-4-10-26)21-28-20-31(24-16-14-23(22-37)15-17-24)41-34(40-28)25-8-7-11-27(19-25)36-32(38)29-12-5-6-13-30(29)33(36)39/h2,5-8,11-17,19,26,28,31,34,37H,1,3-4,9-10,18,20-22H2. The highest BCUT2D eigenvalue weighted by Crippen LogP contribution is 2.40. The van der Waals surface area contributed by atoms with Crippen LogP contribution in [0.2, 0.25) is 0 Å². The van der Waals surface area contributed by atoms with Crippen molar-refractivity contribution in [1.82, 2.24) is 4.90 Å². The molecular formula is C34H36N2O5. The number of aliphatic hydroxyl groups excluding tert-OH is 1. The maximum atomic E-state index is 13.2. The van der Waals surface area contributed by atoms with Gasteiger partial charge >= 0.3 is 0 Å². The van der Waals surface area contributed by atoms with Crippen molar-refractivity contribution in [2.45, 2.75) is 63.3 Å². The van der Waals surface area contributed by atoms with Gasteiger partial charge < -0.3 is 14.6 Å². The molecule has 0 spiro atoms. The van der Waals surface area contributed by atoms with Crippen LogP contribution < -0.4 is 4.90 Å². The molecule has 3 aromatic rings.